The second kappa shape index (κ2) is 7.85. The molecule has 1 saturated heterocycles. The van der Waals surface area contributed by atoms with Gasteiger partial charge < -0.3 is 5.32 Å². The van der Waals surface area contributed by atoms with Crippen molar-refractivity contribution in [2.24, 2.45) is 5.92 Å². The molecule has 2 nitrogen and oxygen atoms in total. The van der Waals surface area contributed by atoms with Crippen molar-refractivity contribution in [3.05, 3.63) is 29.8 Å². The highest BCUT2D eigenvalue weighted by Crippen LogP contribution is 2.40. The number of benzene rings is 1. The van der Waals surface area contributed by atoms with Crippen molar-refractivity contribution in [1.29, 1.82) is 0 Å². The van der Waals surface area contributed by atoms with Crippen molar-refractivity contribution >= 4 is 11.8 Å². The van der Waals surface area contributed by atoms with Crippen LogP contribution in [0.4, 0.5) is 0 Å². The minimum Gasteiger partial charge on any atom is -0.314 e. The van der Waals surface area contributed by atoms with Gasteiger partial charge in [0.1, 0.15) is 0 Å². The van der Waals surface area contributed by atoms with Crippen LogP contribution in [-0.4, -0.2) is 35.8 Å². The first-order chi connectivity index (χ1) is 10.4. The first kappa shape index (κ1) is 17.8. The molecule has 0 amide bonds. The highest BCUT2D eigenvalue weighted by Gasteiger charge is 2.29. The van der Waals surface area contributed by atoms with Crippen LogP contribution in [0.15, 0.2) is 29.2 Å². The van der Waals surface area contributed by atoms with E-state index in [9.17, 15) is 0 Å². The first-order valence-electron chi connectivity index (χ1n) is 8.65. The number of nitrogens with zero attached hydrogens (tertiary/aromatic N) is 1. The monoisotopic (exact) mass is 320 g/mol. The van der Waals surface area contributed by atoms with E-state index in [-0.39, 0.29) is 4.75 Å². The van der Waals surface area contributed by atoms with Crippen LogP contribution in [0.25, 0.3) is 0 Å². The van der Waals surface area contributed by atoms with E-state index in [2.05, 4.69) is 69.1 Å². The number of piperazine rings is 1. The average molecular weight is 321 g/mol. The van der Waals surface area contributed by atoms with E-state index in [1.54, 1.807) is 0 Å². The Labute approximate surface area is 141 Å². The van der Waals surface area contributed by atoms with Gasteiger partial charge in [0.25, 0.3) is 0 Å². The van der Waals surface area contributed by atoms with Gasteiger partial charge in [0.05, 0.1) is 0 Å². The Hall–Kier alpha value is -0.510. The van der Waals surface area contributed by atoms with Crippen LogP contribution in [0.2, 0.25) is 0 Å². The minimum absolute atomic E-state index is 0.250. The molecular weight excluding hydrogens is 288 g/mol. The molecule has 1 aromatic rings. The molecule has 1 aromatic carbocycles. The van der Waals surface area contributed by atoms with Gasteiger partial charge in [-0.2, -0.15) is 0 Å². The molecule has 0 spiro atoms. The summed E-state index contributed by atoms with van der Waals surface area (Å²) < 4.78 is 0.250. The van der Waals surface area contributed by atoms with E-state index in [1.165, 1.54) is 16.9 Å². The lowest BCUT2D eigenvalue weighted by molar-refractivity contribution is 0.126. The second-order valence-corrected chi connectivity index (χ2v) is 9.24. The zero-order valence-electron chi connectivity index (χ0n) is 14.9. The lowest BCUT2D eigenvalue weighted by atomic mass is 9.90. The van der Waals surface area contributed by atoms with Gasteiger partial charge >= 0.3 is 0 Å². The van der Waals surface area contributed by atoms with Crippen LogP contribution in [0.5, 0.6) is 0 Å². The van der Waals surface area contributed by atoms with Gasteiger partial charge in [-0.15, -0.1) is 11.8 Å². The summed E-state index contributed by atoms with van der Waals surface area (Å²) in [6.07, 6.45) is 1.23. The van der Waals surface area contributed by atoms with Crippen molar-refractivity contribution in [3.8, 4) is 0 Å². The Bertz CT molecular complexity index is 461. The predicted octanol–water partition coefficient (Wildman–Crippen LogP) is 4.57. The van der Waals surface area contributed by atoms with E-state index in [0.29, 0.717) is 12.0 Å². The third-order valence-electron chi connectivity index (χ3n) is 4.38. The molecule has 1 aliphatic rings. The zero-order chi connectivity index (χ0) is 16.2. The van der Waals surface area contributed by atoms with Gasteiger partial charge in [-0.05, 0) is 17.5 Å². The lowest BCUT2D eigenvalue weighted by Crippen LogP contribution is -2.46. The molecule has 1 aliphatic heterocycles. The van der Waals surface area contributed by atoms with Crippen molar-refractivity contribution in [2.45, 2.75) is 56.7 Å². The van der Waals surface area contributed by atoms with Gasteiger partial charge in [0, 0.05) is 41.9 Å². The van der Waals surface area contributed by atoms with Crippen molar-refractivity contribution < 1.29 is 0 Å². The van der Waals surface area contributed by atoms with Gasteiger partial charge in [0.15, 0.2) is 0 Å². The van der Waals surface area contributed by atoms with Crippen molar-refractivity contribution in [1.82, 2.24) is 10.2 Å². The molecule has 1 N–H and O–H groups in total. The van der Waals surface area contributed by atoms with Gasteiger partial charge in [-0.1, -0.05) is 59.2 Å². The highest BCUT2D eigenvalue weighted by molar-refractivity contribution is 8.00. The molecule has 0 radical (unpaired) electrons. The topological polar surface area (TPSA) is 15.3 Å². The number of nitrogens with one attached hydrogen (secondary N) is 1. The van der Waals surface area contributed by atoms with Crippen LogP contribution < -0.4 is 5.32 Å². The van der Waals surface area contributed by atoms with Crippen molar-refractivity contribution in [2.75, 3.05) is 26.2 Å². The summed E-state index contributed by atoms with van der Waals surface area (Å²) in [5.74, 6) is 0.680. The molecule has 22 heavy (non-hydrogen) atoms. The second-order valence-electron chi connectivity index (χ2n) is 7.37. The molecule has 0 aromatic heterocycles. The van der Waals surface area contributed by atoms with E-state index < -0.39 is 0 Å². The number of thioether (sulfide) groups is 1. The van der Waals surface area contributed by atoms with Crippen LogP contribution in [0.3, 0.4) is 0 Å². The summed E-state index contributed by atoms with van der Waals surface area (Å²) in [6.45, 7) is 16.2. The largest absolute Gasteiger partial charge is 0.314 e. The fourth-order valence-corrected chi connectivity index (χ4v) is 4.31. The van der Waals surface area contributed by atoms with Crippen molar-refractivity contribution in [3.63, 3.8) is 0 Å². The van der Waals surface area contributed by atoms with E-state index in [4.69, 9.17) is 0 Å². The molecule has 2 rings (SSSR count). The third kappa shape index (κ3) is 4.74. The smallest absolute Gasteiger partial charge is 0.0385 e. The Balaban J connectivity index is 2.34. The van der Waals surface area contributed by atoms with Crippen LogP contribution in [0, 0.1) is 5.92 Å². The summed E-state index contributed by atoms with van der Waals surface area (Å²) in [4.78, 5) is 4.14. The maximum Gasteiger partial charge on any atom is 0.0385 e. The summed E-state index contributed by atoms with van der Waals surface area (Å²) in [5.41, 5.74) is 1.53. The standard InChI is InChI=1S/C19H32N2S/c1-6-15(2)18(21-13-11-20-12-14-21)16-9-7-8-10-17(16)22-19(3,4)5/h7-10,15,18,20H,6,11-14H2,1-5H3/t15?,18-/m0/s1. The maximum atomic E-state index is 3.48. The quantitative estimate of drug-likeness (QED) is 0.800. The average Bonchev–Trinajstić information content (AvgIpc) is 2.48. The van der Waals surface area contributed by atoms with Crippen LogP contribution in [0.1, 0.15) is 52.6 Å². The van der Waals surface area contributed by atoms with Crippen LogP contribution >= 0.6 is 11.8 Å². The molecule has 124 valence electrons. The number of hydrogen-bond acceptors (Lipinski definition) is 3. The van der Waals surface area contributed by atoms with Gasteiger partial charge in [-0.25, -0.2) is 0 Å². The molecule has 0 bridgehead atoms. The fraction of sp³-hybridized carbons (Fsp3) is 0.684. The molecule has 3 heteroatoms. The maximum absolute atomic E-state index is 3.48. The Kier molecular flexibility index (Phi) is 6.36. The first-order valence-corrected chi connectivity index (χ1v) is 9.46. The Morgan fingerprint density at radius 3 is 2.41 bits per heavy atom. The fourth-order valence-electron chi connectivity index (χ4n) is 3.19. The Morgan fingerprint density at radius 2 is 1.82 bits per heavy atom. The van der Waals surface area contributed by atoms with E-state index in [1.807, 2.05) is 11.8 Å². The summed E-state index contributed by atoms with van der Waals surface area (Å²) in [6, 6.07) is 9.59. The van der Waals surface area contributed by atoms with Gasteiger partial charge in [0.2, 0.25) is 0 Å². The summed E-state index contributed by atoms with van der Waals surface area (Å²) in [5, 5.41) is 3.48. The molecule has 1 fully saturated rings. The van der Waals surface area contributed by atoms with Gasteiger partial charge in [-0.3, -0.25) is 4.90 Å². The molecule has 0 saturated carbocycles. The molecule has 2 atom stereocenters. The van der Waals surface area contributed by atoms with Crippen LogP contribution in [-0.2, 0) is 0 Å². The lowest BCUT2D eigenvalue weighted by Gasteiger charge is -2.39. The third-order valence-corrected chi connectivity index (χ3v) is 5.59. The minimum atomic E-state index is 0.250. The summed E-state index contributed by atoms with van der Waals surface area (Å²) in [7, 11) is 0. The number of rotatable bonds is 5. The van der Waals surface area contributed by atoms with E-state index in [0.717, 1.165) is 26.2 Å². The number of hydrogen-bond donors (Lipinski definition) is 1. The molecular formula is C19H32N2S. The SMILES string of the molecule is CCC(C)[C@@H](c1ccccc1SC(C)(C)C)N1CCNCC1. The highest BCUT2D eigenvalue weighted by atomic mass is 32.2. The molecule has 1 heterocycles. The normalized spacial score (nSPS) is 19.9. The molecule has 1 unspecified atom stereocenters. The zero-order valence-corrected chi connectivity index (χ0v) is 15.7. The summed E-state index contributed by atoms with van der Waals surface area (Å²) >= 11 is 2.01. The predicted molar refractivity (Wildman–Crippen MR) is 98.7 cm³/mol. The Morgan fingerprint density at radius 1 is 1.18 bits per heavy atom. The van der Waals surface area contributed by atoms with E-state index >= 15 is 0 Å². The molecule has 0 aliphatic carbocycles.